The van der Waals surface area contributed by atoms with Crippen molar-refractivity contribution in [2.24, 2.45) is 0 Å². The van der Waals surface area contributed by atoms with Crippen LogP contribution in [0.5, 0.6) is 0 Å². The summed E-state index contributed by atoms with van der Waals surface area (Å²) in [5.74, 6) is 0.207. The minimum atomic E-state index is -0.353. The third-order valence-electron chi connectivity index (χ3n) is 4.22. The molecule has 0 amide bonds. The van der Waals surface area contributed by atoms with Crippen LogP contribution in [0, 0.1) is 24.1 Å². The van der Waals surface area contributed by atoms with Gasteiger partial charge in [-0.1, -0.05) is 24.3 Å². The number of halogens is 1. The molecule has 106 valence electrons. The molecule has 0 atom stereocenters. The Morgan fingerprint density at radius 2 is 1.95 bits per heavy atom. The zero-order valence-corrected chi connectivity index (χ0v) is 11.9. The molecular formula is C18H17FN2. The predicted molar refractivity (Wildman–Crippen MR) is 81.7 cm³/mol. The molecule has 1 saturated carbocycles. The zero-order valence-electron chi connectivity index (χ0n) is 11.9. The maximum absolute atomic E-state index is 13.8. The highest BCUT2D eigenvalue weighted by Crippen LogP contribution is 2.39. The van der Waals surface area contributed by atoms with Crippen LogP contribution in [0.1, 0.15) is 35.4 Å². The van der Waals surface area contributed by atoms with E-state index in [1.165, 1.54) is 17.2 Å². The minimum absolute atomic E-state index is 0.303. The molecule has 0 radical (unpaired) electrons. The van der Waals surface area contributed by atoms with E-state index in [1.54, 1.807) is 12.1 Å². The fraction of sp³-hybridized carbons (Fsp3) is 0.278. The fourth-order valence-electron chi connectivity index (χ4n) is 2.96. The van der Waals surface area contributed by atoms with E-state index in [9.17, 15) is 4.39 Å². The first-order valence-corrected chi connectivity index (χ1v) is 7.19. The maximum Gasteiger partial charge on any atom is 0.147 e. The van der Waals surface area contributed by atoms with Crippen LogP contribution in [0.15, 0.2) is 42.5 Å². The zero-order chi connectivity index (χ0) is 14.8. The van der Waals surface area contributed by atoms with Crippen molar-refractivity contribution < 1.29 is 4.39 Å². The summed E-state index contributed by atoms with van der Waals surface area (Å²) in [5, 5.41) is 12.0. The molecular weight excluding hydrogens is 263 g/mol. The first-order valence-electron chi connectivity index (χ1n) is 7.19. The number of hydrogen-bond acceptors (Lipinski definition) is 2. The number of benzene rings is 2. The van der Waals surface area contributed by atoms with Gasteiger partial charge in [-0.15, -0.1) is 0 Å². The van der Waals surface area contributed by atoms with E-state index >= 15 is 0 Å². The number of anilines is 1. The molecule has 0 bridgehead atoms. The number of nitrogens with one attached hydrogen (secondary N) is 1. The second-order valence-corrected chi connectivity index (χ2v) is 5.67. The topological polar surface area (TPSA) is 35.8 Å². The lowest BCUT2D eigenvalue weighted by Crippen LogP contribution is -2.34. The molecule has 0 aromatic heterocycles. The molecule has 1 aliphatic carbocycles. The van der Waals surface area contributed by atoms with Gasteiger partial charge >= 0.3 is 0 Å². The Morgan fingerprint density at radius 3 is 2.62 bits per heavy atom. The number of aryl methyl sites for hydroxylation is 1. The van der Waals surface area contributed by atoms with Crippen molar-refractivity contribution >= 4 is 5.69 Å². The smallest absolute Gasteiger partial charge is 0.147 e. The Bertz CT molecular complexity index is 697. The van der Waals surface area contributed by atoms with Gasteiger partial charge in [-0.25, -0.2) is 4.39 Å². The van der Waals surface area contributed by atoms with Gasteiger partial charge in [0.05, 0.1) is 17.3 Å². The van der Waals surface area contributed by atoms with Gasteiger partial charge in [-0.2, -0.15) is 5.26 Å². The van der Waals surface area contributed by atoms with E-state index in [1.807, 2.05) is 6.07 Å². The highest BCUT2D eigenvalue weighted by molar-refractivity contribution is 5.50. The van der Waals surface area contributed by atoms with Crippen LogP contribution in [0.25, 0.3) is 0 Å². The molecule has 21 heavy (non-hydrogen) atoms. The summed E-state index contributed by atoms with van der Waals surface area (Å²) in [6.45, 7) is 2.14. The summed E-state index contributed by atoms with van der Waals surface area (Å²) in [6, 6.07) is 15.3. The lowest BCUT2D eigenvalue weighted by Gasteiger charge is -2.37. The summed E-state index contributed by atoms with van der Waals surface area (Å²) >= 11 is 0. The molecule has 3 rings (SSSR count). The first kappa shape index (κ1) is 13.6. The van der Waals surface area contributed by atoms with Crippen molar-refractivity contribution in [3.63, 3.8) is 0 Å². The summed E-state index contributed by atoms with van der Waals surface area (Å²) in [5.41, 5.74) is 3.56. The predicted octanol–water partition coefficient (Wildman–Crippen LogP) is 4.36. The summed E-state index contributed by atoms with van der Waals surface area (Å²) < 4.78 is 13.8. The molecule has 2 nitrogen and oxygen atoms in total. The van der Waals surface area contributed by atoms with Crippen LogP contribution in [0.3, 0.4) is 0 Å². The molecule has 2 aromatic rings. The lowest BCUT2D eigenvalue weighted by atomic mass is 9.74. The quantitative estimate of drug-likeness (QED) is 0.906. The van der Waals surface area contributed by atoms with E-state index in [-0.39, 0.29) is 5.82 Å². The minimum Gasteiger partial charge on any atom is -0.380 e. The molecule has 0 aliphatic heterocycles. The second-order valence-electron chi connectivity index (χ2n) is 5.67. The van der Waals surface area contributed by atoms with E-state index in [2.05, 4.69) is 36.5 Å². The van der Waals surface area contributed by atoms with E-state index in [4.69, 9.17) is 5.26 Å². The van der Waals surface area contributed by atoms with Crippen molar-refractivity contribution in [3.8, 4) is 6.07 Å². The van der Waals surface area contributed by atoms with Crippen LogP contribution in [0.2, 0.25) is 0 Å². The molecule has 1 N–H and O–H groups in total. The molecule has 3 heteroatoms. The molecule has 2 aromatic carbocycles. The molecule has 0 unspecified atom stereocenters. The van der Waals surface area contributed by atoms with Gasteiger partial charge in [0.1, 0.15) is 5.82 Å². The van der Waals surface area contributed by atoms with E-state index < -0.39 is 0 Å². The molecule has 1 fully saturated rings. The Kier molecular flexibility index (Phi) is 3.62. The van der Waals surface area contributed by atoms with Crippen LogP contribution in [-0.4, -0.2) is 6.04 Å². The standard InChI is InChI=1S/C18H17FN2/c1-12-4-2-3-5-16(12)14-9-15(10-14)21-18-7-6-13(11-20)8-17(18)19/h2-8,14-15,21H,9-10H2,1H3. The first-order chi connectivity index (χ1) is 10.2. The fourth-order valence-corrected chi connectivity index (χ4v) is 2.96. The van der Waals surface area contributed by atoms with Crippen molar-refractivity contribution in [1.29, 1.82) is 5.26 Å². The third kappa shape index (κ3) is 2.75. The van der Waals surface area contributed by atoms with Gasteiger partial charge in [0.15, 0.2) is 0 Å². The van der Waals surface area contributed by atoms with Crippen molar-refractivity contribution in [2.75, 3.05) is 5.32 Å². The average Bonchev–Trinajstić information content (AvgIpc) is 2.45. The summed E-state index contributed by atoms with van der Waals surface area (Å²) in [6.07, 6.45) is 2.04. The highest BCUT2D eigenvalue weighted by atomic mass is 19.1. The van der Waals surface area contributed by atoms with Gasteiger partial charge in [0.2, 0.25) is 0 Å². The Hall–Kier alpha value is -2.34. The number of nitriles is 1. The van der Waals surface area contributed by atoms with Crippen molar-refractivity contribution in [2.45, 2.75) is 31.7 Å². The van der Waals surface area contributed by atoms with E-state index in [0.717, 1.165) is 12.8 Å². The van der Waals surface area contributed by atoms with Crippen molar-refractivity contribution in [1.82, 2.24) is 0 Å². The van der Waals surface area contributed by atoms with Crippen LogP contribution < -0.4 is 5.32 Å². The molecule has 1 aliphatic rings. The lowest BCUT2D eigenvalue weighted by molar-refractivity contribution is 0.372. The van der Waals surface area contributed by atoms with Crippen LogP contribution in [0.4, 0.5) is 10.1 Å². The Morgan fingerprint density at radius 1 is 1.19 bits per heavy atom. The van der Waals surface area contributed by atoms with Gasteiger partial charge in [-0.3, -0.25) is 0 Å². The van der Waals surface area contributed by atoms with Gasteiger partial charge in [0.25, 0.3) is 0 Å². The van der Waals surface area contributed by atoms with Gasteiger partial charge in [0, 0.05) is 6.04 Å². The largest absolute Gasteiger partial charge is 0.380 e. The second kappa shape index (κ2) is 5.57. The van der Waals surface area contributed by atoms with Crippen molar-refractivity contribution in [3.05, 3.63) is 65.0 Å². The Balaban J connectivity index is 1.63. The SMILES string of the molecule is Cc1ccccc1C1CC(Nc2ccc(C#N)cc2F)C1. The van der Waals surface area contributed by atoms with Crippen LogP contribution >= 0.6 is 0 Å². The third-order valence-corrected chi connectivity index (χ3v) is 4.22. The number of rotatable bonds is 3. The van der Waals surface area contributed by atoms with Gasteiger partial charge in [-0.05, 0) is 55.0 Å². The monoisotopic (exact) mass is 280 g/mol. The summed E-state index contributed by atoms with van der Waals surface area (Å²) in [7, 11) is 0. The van der Waals surface area contributed by atoms with Crippen LogP contribution in [-0.2, 0) is 0 Å². The number of hydrogen-bond donors (Lipinski definition) is 1. The molecule has 0 heterocycles. The normalized spacial score (nSPS) is 20.4. The molecule has 0 spiro atoms. The highest BCUT2D eigenvalue weighted by Gasteiger charge is 2.31. The summed E-state index contributed by atoms with van der Waals surface area (Å²) in [4.78, 5) is 0. The van der Waals surface area contributed by atoms with Gasteiger partial charge < -0.3 is 5.32 Å². The maximum atomic E-state index is 13.8. The molecule has 0 saturated heterocycles. The van der Waals surface area contributed by atoms with E-state index in [0.29, 0.717) is 23.2 Å². The number of nitrogens with zero attached hydrogens (tertiary/aromatic N) is 1. The Labute approximate surface area is 124 Å². The average molecular weight is 280 g/mol.